The fourth-order valence-corrected chi connectivity index (χ4v) is 12.3. The van der Waals surface area contributed by atoms with Crippen molar-refractivity contribution in [3.8, 4) is 35.3 Å². The summed E-state index contributed by atoms with van der Waals surface area (Å²) in [5.41, 5.74) is 7.38. The fourth-order valence-electron chi connectivity index (χ4n) is 5.21. The Kier molecular flexibility index (Phi) is 9.68. The van der Waals surface area contributed by atoms with Crippen LogP contribution < -0.4 is 5.73 Å². The molecule has 6 heterocycles. The van der Waals surface area contributed by atoms with Crippen LogP contribution in [0.2, 0.25) is 0 Å². The number of nitriles is 1. The number of thiophene rings is 6. The van der Waals surface area contributed by atoms with Gasteiger partial charge in [-0.25, -0.2) is 10.1 Å². The van der Waals surface area contributed by atoms with E-state index in [0.717, 1.165) is 27.5 Å². The van der Waals surface area contributed by atoms with Gasteiger partial charge in [0, 0.05) is 57.8 Å². The first-order chi connectivity index (χ1) is 21.9. The van der Waals surface area contributed by atoms with Gasteiger partial charge in [-0.3, -0.25) is 0 Å². The molecule has 0 aliphatic rings. The van der Waals surface area contributed by atoms with Crippen molar-refractivity contribution in [3.63, 3.8) is 0 Å². The molecule has 45 heavy (non-hydrogen) atoms. The van der Waals surface area contributed by atoms with Crippen LogP contribution in [0, 0.1) is 30.4 Å². The Hall–Kier alpha value is -3.53. The second-order valence-corrected chi connectivity index (χ2v) is 17.2. The van der Waals surface area contributed by atoms with E-state index in [1.165, 1.54) is 68.0 Å². The summed E-state index contributed by atoms with van der Waals surface area (Å²) >= 11 is 10.7. The Morgan fingerprint density at radius 3 is 1.89 bits per heavy atom. The van der Waals surface area contributed by atoms with Gasteiger partial charge in [0.15, 0.2) is 0 Å². The highest BCUT2D eigenvalue weighted by atomic mass is 32.1. The van der Waals surface area contributed by atoms with Crippen molar-refractivity contribution in [3.05, 3.63) is 92.1 Å². The molecule has 0 radical (unpaired) electrons. The number of unbranched alkanes of at least 4 members (excludes halogenated alkanes) is 1. The van der Waals surface area contributed by atoms with E-state index >= 15 is 0 Å². The average Bonchev–Trinajstić information content (AvgIpc) is 3.87. The maximum Gasteiger partial charge on any atom is 0.263 e. The first-order valence-corrected chi connectivity index (χ1v) is 19.4. The number of allylic oxidation sites excluding steroid dienone is 1. The highest BCUT2D eigenvalue weighted by molar-refractivity contribution is 7.36. The molecule has 1 atom stereocenters. The van der Waals surface area contributed by atoms with Gasteiger partial charge in [-0.15, -0.1) is 68.0 Å². The third-order valence-corrected chi connectivity index (χ3v) is 14.9. The molecule has 0 bridgehead atoms. The van der Waals surface area contributed by atoms with Gasteiger partial charge in [-0.2, -0.15) is 0 Å². The normalized spacial score (nSPS) is 12.9. The molecule has 6 aromatic rings. The number of hydrogen-bond acceptors (Lipinski definition) is 8. The molecule has 10 heteroatoms. The molecule has 1 unspecified atom stereocenters. The molecule has 0 saturated carbocycles. The van der Waals surface area contributed by atoms with Crippen LogP contribution in [0.25, 0.3) is 69.9 Å². The Balaban J connectivity index is 1.24. The molecule has 0 spiro atoms. The van der Waals surface area contributed by atoms with Crippen LogP contribution in [-0.2, 0) is 6.42 Å². The molecule has 6 aromatic heterocycles. The van der Waals surface area contributed by atoms with Crippen LogP contribution in [0.5, 0.6) is 0 Å². The van der Waals surface area contributed by atoms with Crippen LogP contribution in [0.15, 0.2) is 54.0 Å². The van der Waals surface area contributed by atoms with E-state index in [0.29, 0.717) is 5.92 Å². The van der Waals surface area contributed by atoms with Crippen molar-refractivity contribution in [2.75, 3.05) is 0 Å². The SMILES string of the molecule is [C-]#[N+]/C(C#N)=C\c1ccc(-c2cc3sc(-c4cc5sc(-c6cc(CC(CC)CCCC)c(/C=C(\N)[N+]#[C-])s6)cc5s4)cc3s2)s1. The molecule has 6 rings (SSSR count). The first-order valence-electron chi connectivity index (χ1n) is 14.6. The first kappa shape index (κ1) is 31.5. The number of nitrogens with two attached hydrogens (primary N) is 1. The zero-order valence-electron chi connectivity index (χ0n) is 24.7. The zero-order valence-corrected chi connectivity index (χ0v) is 29.6. The average molecular weight is 697 g/mol. The highest BCUT2D eigenvalue weighted by Gasteiger charge is 2.18. The summed E-state index contributed by atoms with van der Waals surface area (Å²) in [6, 6.07) is 17.5. The molecule has 0 aliphatic carbocycles. The van der Waals surface area contributed by atoms with Crippen molar-refractivity contribution >= 4 is 99.0 Å². The van der Waals surface area contributed by atoms with Gasteiger partial charge in [0.05, 0.1) is 12.6 Å². The molecule has 224 valence electrons. The van der Waals surface area contributed by atoms with Crippen molar-refractivity contribution < 1.29 is 0 Å². The third kappa shape index (κ3) is 6.86. The maximum absolute atomic E-state index is 9.06. The highest BCUT2D eigenvalue weighted by Crippen LogP contribution is 2.48. The van der Waals surface area contributed by atoms with Crippen LogP contribution in [-0.4, -0.2) is 0 Å². The van der Waals surface area contributed by atoms with Gasteiger partial charge in [0.1, 0.15) is 0 Å². The Morgan fingerprint density at radius 2 is 1.38 bits per heavy atom. The van der Waals surface area contributed by atoms with E-state index in [2.05, 4.69) is 59.9 Å². The lowest BCUT2D eigenvalue weighted by Gasteiger charge is -2.14. The Morgan fingerprint density at radius 1 is 0.800 bits per heavy atom. The number of rotatable bonds is 11. The van der Waals surface area contributed by atoms with E-state index < -0.39 is 0 Å². The van der Waals surface area contributed by atoms with Crippen molar-refractivity contribution in [1.82, 2.24) is 0 Å². The topological polar surface area (TPSA) is 58.5 Å². The fraction of sp³-hybridized carbons (Fsp3) is 0.229. The van der Waals surface area contributed by atoms with Gasteiger partial charge in [-0.05, 0) is 72.5 Å². The van der Waals surface area contributed by atoms with E-state index in [1.807, 2.05) is 52.2 Å². The Bertz CT molecular complexity index is 2110. The number of fused-ring (bicyclic) bond motifs is 2. The summed E-state index contributed by atoms with van der Waals surface area (Å²) < 4.78 is 5.17. The molecule has 0 aromatic carbocycles. The molecule has 4 nitrogen and oxygen atoms in total. The standard InChI is InChI=1S/C35H28N4S6/c1-5-7-8-20(6-2)11-21-12-26(41-25(21)18-35(37)39-4)28-15-31-32(43-28)17-34(45-31)33-16-30-29(44-33)14-27(42-30)24-10-9-23(40-24)13-22(19-36)38-3/h9-10,12-18,20H,5-8,11,37H2,1-2H3/b22-13-,35-18+. The second kappa shape index (κ2) is 13.8. The quantitative estimate of drug-likeness (QED) is 0.108. The van der Waals surface area contributed by atoms with Gasteiger partial charge in [-0.1, -0.05) is 46.1 Å². The summed E-state index contributed by atoms with van der Waals surface area (Å²) in [5.74, 6) is 0.890. The van der Waals surface area contributed by atoms with Crippen LogP contribution in [0.3, 0.4) is 0 Å². The van der Waals surface area contributed by atoms with E-state index in [1.54, 1.807) is 40.1 Å². The minimum atomic E-state index is 0.106. The zero-order chi connectivity index (χ0) is 31.5. The minimum Gasteiger partial charge on any atom is -0.365 e. The molecule has 0 saturated heterocycles. The lowest BCUT2D eigenvalue weighted by molar-refractivity contribution is 0.449. The van der Waals surface area contributed by atoms with Gasteiger partial charge in [0.2, 0.25) is 5.82 Å². The van der Waals surface area contributed by atoms with Crippen LogP contribution in [0.1, 0.15) is 54.8 Å². The van der Waals surface area contributed by atoms with Gasteiger partial charge < -0.3 is 10.6 Å². The van der Waals surface area contributed by atoms with E-state index in [4.69, 9.17) is 24.1 Å². The number of hydrogen-bond donors (Lipinski definition) is 1. The third-order valence-electron chi connectivity index (χ3n) is 7.59. The second-order valence-electron chi connectivity index (χ2n) is 10.7. The van der Waals surface area contributed by atoms with Gasteiger partial charge >= 0.3 is 0 Å². The van der Waals surface area contributed by atoms with E-state index in [-0.39, 0.29) is 11.5 Å². The smallest absolute Gasteiger partial charge is 0.263 e. The van der Waals surface area contributed by atoms with Crippen molar-refractivity contribution in [2.24, 2.45) is 11.7 Å². The summed E-state index contributed by atoms with van der Waals surface area (Å²) in [6.07, 6.45) is 9.40. The predicted octanol–water partition coefficient (Wildman–Crippen LogP) is 13.1. The van der Waals surface area contributed by atoms with Crippen molar-refractivity contribution in [1.29, 1.82) is 5.26 Å². The monoisotopic (exact) mass is 696 g/mol. The predicted molar refractivity (Wildman–Crippen MR) is 201 cm³/mol. The summed E-state index contributed by atoms with van der Waals surface area (Å²) in [5, 5.41) is 9.06. The van der Waals surface area contributed by atoms with Crippen LogP contribution in [0.4, 0.5) is 0 Å². The van der Waals surface area contributed by atoms with Gasteiger partial charge in [0.25, 0.3) is 5.70 Å². The molecule has 2 N–H and O–H groups in total. The summed E-state index contributed by atoms with van der Waals surface area (Å²) in [7, 11) is 0. The Labute approximate surface area is 287 Å². The molecular formula is C35H28N4S6. The molecular weight excluding hydrogens is 669 g/mol. The molecule has 0 fully saturated rings. The molecule has 0 aliphatic heterocycles. The number of nitrogens with zero attached hydrogens (tertiary/aromatic N) is 3. The minimum absolute atomic E-state index is 0.106. The lowest BCUT2D eigenvalue weighted by atomic mass is 9.92. The largest absolute Gasteiger partial charge is 0.365 e. The van der Waals surface area contributed by atoms with Crippen molar-refractivity contribution in [2.45, 2.75) is 46.0 Å². The summed E-state index contributed by atoms with van der Waals surface area (Å²) in [6.45, 7) is 19.0. The maximum atomic E-state index is 9.06. The molecule has 0 amide bonds. The lowest BCUT2D eigenvalue weighted by Crippen LogP contribution is -2.03. The van der Waals surface area contributed by atoms with E-state index in [9.17, 15) is 0 Å². The summed E-state index contributed by atoms with van der Waals surface area (Å²) in [4.78, 5) is 16.2. The van der Waals surface area contributed by atoms with Crippen LogP contribution >= 0.6 is 68.0 Å².